The summed E-state index contributed by atoms with van der Waals surface area (Å²) in [6.07, 6.45) is 0. The van der Waals surface area contributed by atoms with Gasteiger partial charge in [0.1, 0.15) is 5.75 Å². The maximum Gasteiger partial charge on any atom is 0.271 e. The van der Waals surface area contributed by atoms with Gasteiger partial charge in [-0.25, -0.2) is 0 Å². The zero-order valence-electron chi connectivity index (χ0n) is 16.3. The number of hydrogen-bond donors (Lipinski definition) is 1. The number of amides is 1. The van der Waals surface area contributed by atoms with Gasteiger partial charge in [0.15, 0.2) is 0 Å². The summed E-state index contributed by atoms with van der Waals surface area (Å²) in [4.78, 5) is 27.6. The molecule has 1 atom stereocenters. The van der Waals surface area contributed by atoms with Crippen molar-refractivity contribution < 1.29 is 14.5 Å². The third-order valence-corrected chi connectivity index (χ3v) is 5.30. The van der Waals surface area contributed by atoms with E-state index in [0.29, 0.717) is 23.9 Å². The molecule has 29 heavy (non-hydrogen) atoms. The molecule has 1 saturated heterocycles. The highest BCUT2D eigenvalue weighted by molar-refractivity contribution is 6.30. The van der Waals surface area contributed by atoms with Crippen LogP contribution >= 0.6 is 11.6 Å². The van der Waals surface area contributed by atoms with Crippen molar-refractivity contribution in [1.82, 2.24) is 4.90 Å². The minimum Gasteiger partial charge on any atom is -0.495 e. The van der Waals surface area contributed by atoms with Crippen molar-refractivity contribution in [3.63, 3.8) is 0 Å². The number of non-ortho nitro benzene ring substituents is 1. The normalized spacial score (nSPS) is 15.6. The van der Waals surface area contributed by atoms with Gasteiger partial charge in [-0.2, -0.15) is 0 Å². The van der Waals surface area contributed by atoms with Gasteiger partial charge in [-0.05, 0) is 31.2 Å². The van der Waals surface area contributed by atoms with Crippen molar-refractivity contribution in [2.24, 2.45) is 0 Å². The average Bonchev–Trinajstić information content (AvgIpc) is 2.73. The van der Waals surface area contributed by atoms with Crippen LogP contribution in [0, 0.1) is 10.1 Å². The highest BCUT2D eigenvalue weighted by Gasteiger charge is 2.26. The molecule has 1 heterocycles. The lowest BCUT2D eigenvalue weighted by Gasteiger charge is -2.38. The number of benzene rings is 2. The highest BCUT2D eigenvalue weighted by Crippen LogP contribution is 2.29. The molecule has 0 spiro atoms. The minimum atomic E-state index is -0.506. The maximum atomic E-state index is 12.7. The molecule has 2 aromatic carbocycles. The van der Waals surface area contributed by atoms with Gasteiger partial charge in [0.2, 0.25) is 5.91 Å². The zero-order chi connectivity index (χ0) is 21.0. The third kappa shape index (κ3) is 4.96. The Morgan fingerprint density at radius 3 is 2.55 bits per heavy atom. The van der Waals surface area contributed by atoms with Crippen molar-refractivity contribution in [2.75, 3.05) is 43.5 Å². The summed E-state index contributed by atoms with van der Waals surface area (Å²) >= 11 is 6.07. The summed E-state index contributed by atoms with van der Waals surface area (Å²) in [5.41, 5.74) is 1.25. The molecule has 2 aromatic rings. The SMILES string of the molecule is COc1ccc([N+](=O)[O-])cc1NC(=O)[C@H](C)N1CCN(c2cccc(Cl)c2)CC1. The van der Waals surface area contributed by atoms with Crippen molar-refractivity contribution in [3.05, 3.63) is 57.6 Å². The Bertz CT molecular complexity index is 900. The Hall–Kier alpha value is -2.84. The lowest BCUT2D eigenvalue weighted by atomic mass is 10.2. The van der Waals surface area contributed by atoms with Crippen LogP contribution < -0.4 is 15.0 Å². The standard InChI is InChI=1S/C20H23ClN4O4/c1-14(20(26)22-18-13-17(25(27)28)6-7-19(18)29-2)23-8-10-24(11-9-23)16-5-3-4-15(21)12-16/h3-7,12-14H,8-11H2,1-2H3,(H,22,26)/t14-/m0/s1. The molecule has 0 saturated carbocycles. The second-order valence-electron chi connectivity index (χ2n) is 6.81. The predicted molar refractivity (Wildman–Crippen MR) is 113 cm³/mol. The summed E-state index contributed by atoms with van der Waals surface area (Å²) in [6, 6.07) is 11.5. The molecular weight excluding hydrogens is 396 g/mol. The monoisotopic (exact) mass is 418 g/mol. The number of ether oxygens (including phenoxy) is 1. The van der Waals surface area contributed by atoms with Crippen LogP contribution in [0.25, 0.3) is 0 Å². The van der Waals surface area contributed by atoms with E-state index in [0.717, 1.165) is 18.8 Å². The van der Waals surface area contributed by atoms with E-state index in [1.807, 2.05) is 31.2 Å². The fraction of sp³-hybridized carbons (Fsp3) is 0.350. The van der Waals surface area contributed by atoms with Crippen molar-refractivity contribution in [2.45, 2.75) is 13.0 Å². The molecule has 1 N–H and O–H groups in total. The first kappa shape index (κ1) is 20.9. The minimum absolute atomic E-state index is 0.108. The Morgan fingerprint density at radius 1 is 1.21 bits per heavy atom. The lowest BCUT2D eigenvalue weighted by Crippen LogP contribution is -2.52. The largest absolute Gasteiger partial charge is 0.495 e. The molecule has 1 aliphatic rings. The lowest BCUT2D eigenvalue weighted by molar-refractivity contribution is -0.384. The molecule has 1 aliphatic heterocycles. The van der Waals surface area contributed by atoms with Crippen LogP contribution in [0.3, 0.4) is 0 Å². The van der Waals surface area contributed by atoms with Gasteiger partial charge < -0.3 is 15.0 Å². The summed E-state index contributed by atoms with van der Waals surface area (Å²) in [5.74, 6) is 0.141. The van der Waals surface area contributed by atoms with Crippen LogP contribution in [-0.4, -0.2) is 55.1 Å². The van der Waals surface area contributed by atoms with Gasteiger partial charge >= 0.3 is 0 Å². The molecule has 0 bridgehead atoms. The Labute approximate surface area is 174 Å². The number of nitro benzene ring substituents is 1. The number of carbonyl (C=O) groups excluding carboxylic acids is 1. The second-order valence-corrected chi connectivity index (χ2v) is 7.25. The summed E-state index contributed by atoms with van der Waals surface area (Å²) in [6.45, 7) is 4.81. The number of rotatable bonds is 6. The van der Waals surface area contributed by atoms with Gasteiger partial charge in [-0.1, -0.05) is 17.7 Å². The zero-order valence-corrected chi connectivity index (χ0v) is 17.1. The van der Waals surface area contributed by atoms with E-state index in [1.54, 1.807) is 0 Å². The molecule has 0 aromatic heterocycles. The first-order valence-electron chi connectivity index (χ1n) is 9.27. The van der Waals surface area contributed by atoms with E-state index < -0.39 is 4.92 Å². The molecule has 9 heteroatoms. The van der Waals surface area contributed by atoms with Gasteiger partial charge in [0.25, 0.3) is 5.69 Å². The topological polar surface area (TPSA) is 87.9 Å². The summed E-state index contributed by atoms with van der Waals surface area (Å²) in [7, 11) is 1.45. The number of nitro groups is 1. The molecule has 1 fully saturated rings. The van der Waals surface area contributed by atoms with E-state index in [1.165, 1.54) is 25.3 Å². The molecule has 1 amide bonds. The molecular formula is C20H23ClN4O4. The molecule has 0 radical (unpaired) electrons. The maximum absolute atomic E-state index is 12.7. The Balaban J connectivity index is 1.63. The van der Waals surface area contributed by atoms with Crippen LogP contribution in [0.5, 0.6) is 5.75 Å². The summed E-state index contributed by atoms with van der Waals surface area (Å²) < 4.78 is 5.21. The van der Waals surface area contributed by atoms with E-state index in [-0.39, 0.29) is 23.3 Å². The number of piperazine rings is 1. The van der Waals surface area contributed by atoms with Crippen LogP contribution in [0.15, 0.2) is 42.5 Å². The molecule has 0 aliphatic carbocycles. The van der Waals surface area contributed by atoms with Gasteiger partial charge in [-0.3, -0.25) is 19.8 Å². The molecule has 8 nitrogen and oxygen atoms in total. The first-order chi connectivity index (χ1) is 13.9. The number of nitrogens with one attached hydrogen (secondary N) is 1. The summed E-state index contributed by atoms with van der Waals surface area (Å²) in [5, 5.41) is 14.5. The first-order valence-corrected chi connectivity index (χ1v) is 9.64. The number of halogens is 1. The van der Waals surface area contributed by atoms with Crippen LogP contribution in [0.2, 0.25) is 5.02 Å². The van der Waals surface area contributed by atoms with Gasteiger partial charge in [-0.15, -0.1) is 0 Å². The fourth-order valence-corrected chi connectivity index (χ4v) is 3.53. The number of methoxy groups -OCH3 is 1. The van der Waals surface area contributed by atoms with Crippen molar-refractivity contribution >= 4 is 34.6 Å². The molecule has 154 valence electrons. The number of anilines is 2. The fourth-order valence-electron chi connectivity index (χ4n) is 3.35. The van der Waals surface area contributed by atoms with Crippen LogP contribution in [0.1, 0.15) is 6.92 Å². The molecule has 0 unspecified atom stereocenters. The predicted octanol–water partition coefficient (Wildman–Crippen LogP) is 3.41. The van der Waals surface area contributed by atoms with Crippen LogP contribution in [-0.2, 0) is 4.79 Å². The Morgan fingerprint density at radius 2 is 1.93 bits per heavy atom. The highest BCUT2D eigenvalue weighted by atomic mass is 35.5. The van der Waals surface area contributed by atoms with E-state index in [9.17, 15) is 14.9 Å². The van der Waals surface area contributed by atoms with Crippen molar-refractivity contribution in [1.29, 1.82) is 0 Å². The van der Waals surface area contributed by atoms with Gasteiger partial charge in [0.05, 0.1) is 23.8 Å². The number of carbonyl (C=O) groups is 1. The van der Waals surface area contributed by atoms with E-state index >= 15 is 0 Å². The van der Waals surface area contributed by atoms with E-state index in [2.05, 4.69) is 15.1 Å². The van der Waals surface area contributed by atoms with E-state index in [4.69, 9.17) is 16.3 Å². The Kier molecular flexibility index (Phi) is 6.56. The smallest absolute Gasteiger partial charge is 0.271 e. The average molecular weight is 419 g/mol. The van der Waals surface area contributed by atoms with Gasteiger partial charge in [0, 0.05) is 49.0 Å². The third-order valence-electron chi connectivity index (χ3n) is 5.07. The second kappa shape index (κ2) is 9.11. The quantitative estimate of drug-likeness (QED) is 0.571. The van der Waals surface area contributed by atoms with Crippen molar-refractivity contribution in [3.8, 4) is 5.75 Å². The molecule has 3 rings (SSSR count). The number of hydrogen-bond acceptors (Lipinski definition) is 6. The van der Waals surface area contributed by atoms with Crippen LogP contribution in [0.4, 0.5) is 17.1 Å². The number of nitrogens with zero attached hydrogens (tertiary/aromatic N) is 3.